The van der Waals surface area contributed by atoms with Gasteiger partial charge in [0.15, 0.2) is 0 Å². The summed E-state index contributed by atoms with van der Waals surface area (Å²) in [6, 6.07) is 14.5. The number of amides is 2. The molecule has 3 N–H and O–H groups in total. The van der Waals surface area contributed by atoms with Crippen molar-refractivity contribution in [3.8, 4) is 0 Å². The molecule has 2 saturated carbocycles. The molecule has 7 heteroatoms. The summed E-state index contributed by atoms with van der Waals surface area (Å²) in [5.41, 5.74) is 8.74. The van der Waals surface area contributed by atoms with Gasteiger partial charge in [-0.05, 0) is 100 Å². The first-order valence-corrected chi connectivity index (χ1v) is 14.8. The van der Waals surface area contributed by atoms with Crippen molar-refractivity contribution in [3.05, 3.63) is 71.0 Å². The molecule has 2 aromatic carbocycles. The number of rotatable bonds is 9. The molecule has 1 heterocycles. The molecule has 3 fully saturated rings. The molecule has 210 valence electrons. The summed E-state index contributed by atoms with van der Waals surface area (Å²) in [5, 5.41) is 3.24. The van der Waals surface area contributed by atoms with Gasteiger partial charge in [0.05, 0.1) is 0 Å². The first-order valence-electron chi connectivity index (χ1n) is 14.8. The van der Waals surface area contributed by atoms with E-state index in [1.807, 2.05) is 43.3 Å². The zero-order valence-corrected chi connectivity index (χ0v) is 23.2. The second-order valence-electron chi connectivity index (χ2n) is 12.0. The Morgan fingerprint density at radius 2 is 1.67 bits per heavy atom. The van der Waals surface area contributed by atoms with Crippen LogP contribution in [0.25, 0.3) is 0 Å². The summed E-state index contributed by atoms with van der Waals surface area (Å²) < 4.78 is 13.5. The van der Waals surface area contributed by atoms with Crippen molar-refractivity contribution in [1.29, 1.82) is 0 Å². The summed E-state index contributed by atoms with van der Waals surface area (Å²) in [4.78, 5) is 31.7. The van der Waals surface area contributed by atoms with Gasteiger partial charge in [0.2, 0.25) is 5.91 Å². The first kappa shape index (κ1) is 27.8. The van der Waals surface area contributed by atoms with Crippen molar-refractivity contribution in [3.63, 3.8) is 0 Å². The van der Waals surface area contributed by atoms with Crippen LogP contribution in [-0.2, 0) is 11.3 Å². The number of benzene rings is 2. The standard InChI is InChI=1S/C32H43FN4O2/c1-22-5-9-26(10-6-22)32(39)36-16-15-29(37(28-13-14-28)21-23-7-11-27(33)12-8-23)18-30(36)31(38)35-20-25-4-2-3-24(17-25)19-34/h5-12,24-25,28-30H,2-4,13-21,34H2,1H3,(H,35,38)/t24?,25?,29?,30-/m1/s1. The molecule has 3 aliphatic rings. The molecule has 5 rings (SSSR count). The van der Waals surface area contributed by atoms with E-state index in [1.54, 1.807) is 4.90 Å². The predicted octanol–water partition coefficient (Wildman–Crippen LogP) is 4.65. The Labute approximate surface area is 232 Å². The molecular weight excluding hydrogens is 491 g/mol. The van der Waals surface area contributed by atoms with Gasteiger partial charge in [-0.3, -0.25) is 14.5 Å². The lowest BCUT2D eigenvalue weighted by atomic mass is 9.81. The number of piperidine rings is 1. The minimum Gasteiger partial charge on any atom is -0.354 e. The van der Waals surface area contributed by atoms with Gasteiger partial charge in [-0.15, -0.1) is 0 Å². The predicted molar refractivity (Wildman–Crippen MR) is 152 cm³/mol. The highest BCUT2D eigenvalue weighted by Gasteiger charge is 2.42. The van der Waals surface area contributed by atoms with E-state index in [4.69, 9.17) is 5.73 Å². The molecule has 4 atom stereocenters. The SMILES string of the molecule is Cc1ccc(C(=O)N2CCC(N(Cc3ccc(F)cc3)C3CC3)C[C@@H]2C(=O)NCC2CCCC(CN)C2)cc1. The van der Waals surface area contributed by atoms with Crippen LogP contribution in [0.3, 0.4) is 0 Å². The molecule has 0 radical (unpaired) electrons. The highest BCUT2D eigenvalue weighted by Crippen LogP contribution is 2.35. The van der Waals surface area contributed by atoms with E-state index in [0.717, 1.165) is 56.2 Å². The minimum atomic E-state index is -0.513. The molecule has 3 unspecified atom stereocenters. The third-order valence-electron chi connectivity index (χ3n) is 8.99. The Kier molecular flexibility index (Phi) is 8.98. The molecule has 2 aliphatic carbocycles. The molecular formula is C32H43FN4O2. The maximum atomic E-state index is 13.8. The maximum Gasteiger partial charge on any atom is 0.254 e. The number of aryl methyl sites for hydroxylation is 1. The van der Waals surface area contributed by atoms with Crippen LogP contribution in [0.2, 0.25) is 0 Å². The van der Waals surface area contributed by atoms with E-state index < -0.39 is 6.04 Å². The summed E-state index contributed by atoms with van der Waals surface area (Å²) in [5.74, 6) is 0.627. The third kappa shape index (κ3) is 7.06. The van der Waals surface area contributed by atoms with Crippen LogP contribution in [0.5, 0.6) is 0 Å². The highest BCUT2D eigenvalue weighted by molar-refractivity contribution is 5.97. The number of nitrogens with one attached hydrogen (secondary N) is 1. The second-order valence-corrected chi connectivity index (χ2v) is 12.0. The van der Waals surface area contributed by atoms with Crippen molar-refractivity contribution in [1.82, 2.24) is 15.1 Å². The number of likely N-dealkylation sites (tertiary alicyclic amines) is 1. The average Bonchev–Trinajstić information content (AvgIpc) is 3.81. The molecule has 6 nitrogen and oxygen atoms in total. The number of hydrogen-bond acceptors (Lipinski definition) is 4. The molecule has 0 spiro atoms. The van der Waals surface area contributed by atoms with Gasteiger partial charge < -0.3 is 16.0 Å². The molecule has 1 saturated heterocycles. The van der Waals surface area contributed by atoms with Gasteiger partial charge >= 0.3 is 0 Å². The fourth-order valence-electron chi connectivity index (χ4n) is 6.53. The number of carbonyl (C=O) groups excluding carboxylic acids is 2. The normalized spacial score (nSPS) is 25.5. The Balaban J connectivity index is 1.31. The Bertz CT molecular complexity index is 1120. The summed E-state index contributed by atoms with van der Waals surface area (Å²) in [7, 11) is 0. The van der Waals surface area contributed by atoms with Gasteiger partial charge in [0.25, 0.3) is 5.91 Å². The minimum absolute atomic E-state index is 0.0486. The van der Waals surface area contributed by atoms with Crippen molar-refractivity contribution >= 4 is 11.8 Å². The van der Waals surface area contributed by atoms with E-state index in [0.29, 0.717) is 49.5 Å². The van der Waals surface area contributed by atoms with Crippen LogP contribution < -0.4 is 11.1 Å². The molecule has 2 amide bonds. The lowest BCUT2D eigenvalue weighted by molar-refractivity contribution is -0.128. The Morgan fingerprint density at radius 1 is 0.949 bits per heavy atom. The zero-order valence-electron chi connectivity index (χ0n) is 23.2. The van der Waals surface area contributed by atoms with E-state index in [-0.39, 0.29) is 23.7 Å². The van der Waals surface area contributed by atoms with Gasteiger partial charge in [-0.1, -0.05) is 36.2 Å². The van der Waals surface area contributed by atoms with Crippen LogP contribution in [0.4, 0.5) is 4.39 Å². The fourth-order valence-corrected chi connectivity index (χ4v) is 6.53. The van der Waals surface area contributed by atoms with Crippen LogP contribution in [-0.4, -0.2) is 59.4 Å². The van der Waals surface area contributed by atoms with Gasteiger partial charge in [-0.25, -0.2) is 4.39 Å². The average molecular weight is 535 g/mol. The monoisotopic (exact) mass is 534 g/mol. The van der Waals surface area contributed by atoms with E-state index in [9.17, 15) is 14.0 Å². The molecule has 0 aromatic heterocycles. The topological polar surface area (TPSA) is 78.7 Å². The second kappa shape index (κ2) is 12.6. The van der Waals surface area contributed by atoms with Crippen LogP contribution in [0, 0.1) is 24.6 Å². The molecule has 39 heavy (non-hydrogen) atoms. The van der Waals surface area contributed by atoms with E-state index in [2.05, 4.69) is 10.2 Å². The van der Waals surface area contributed by atoms with E-state index in [1.165, 1.54) is 18.6 Å². The van der Waals surface area contributed by atoms with E-state index >= 15 is 0 Å². The number of nitrogens with zero attached hydrogens (tertiary/aromatic N) is 2. The fraction of sp³-hybridized carbons (Fsp3) is 0.562. The number of carbonyl (C=O) groups is 2. The van der Waals surface area contributed by atoms with Crippen LogP contribution >= 0.6 is 0 Å². The lowest BCUT2D eigenvalue weighted by Gasteiger charge is -2.43. The summed E-state index contributed by atoms with van der Waals surface area (Å²) in [6.45, 7) is 4.63. The lowest BCUT2D eigenvalue weighted by Crippen LogP contribution is -2.58. The van der Waals surface area contributed by atoms with Crippen LogP contribution in [0.15, 0.2) is 48.5 Å². The van der Waals surface area contributed by atoms with Crippen LogP contribution in [0.1, 0.15) is 72.9 Å². The maximum absolute atomic E-state index is 13.8. The highest BCUT2D eigenvalue weighted by atomic mass is 19.1. The molecule has 0 bridgehead atoms. The quantitative estimate of drug-likeness (QED) is 0.491. The third-order valence-corrected chi connectivity index (χ3v) is 8.99. The largest absolute Gasteiger partial charge is 0.354 e. The molecule has 1 aliphatic heterocycles. The Hall–Kier alpha value is -2.77. The number of hydrogen-bond donors (Lipinski definition) is 2. The van der Waals surface area contributed by atoms with Crippen molar-refractivity contribution in [2.45, 2.75) is 83.0 Å². The van der Waals surface area contributed by atoms with Gasteiger partial charge in [0, 0.05) is 37.3 Å². The Morgan fingerprint density at radius 3 is 2.36 bits per heavy atom. The van der Waals surface area contributed by atoms with Gasteiger partial charge in [-0.2, -0.15) is 0 Å². The zero-order chi connectivity index (χ0) is 27.4. The molecule has 2 aromatic rings. The van der Waals surface area contributed by atoms with Gasteiger partial charge in [0.1, 0.15) is 11.9 Å². The number of halogens is 1. The van der Waals surface area contributed by atoms with Crippen molar-refractivity contribution < 1.29 is 14.0 Å². The van der Waals surface area contributed by atoms with Crippen molar-refractivity contribution in [2.75, 3.05) is 19.6 Å². The summed E-state index contributed by atoms with van der Waals surface area (Å²) >= 11 is 0. The summed E-state index contributed by atoms with van der Waals surface area (Å²) in [6.07, 6.45) is 8.22. The smallest absolute Gasteiger partial charge is 0.254 e. The van der Waals surface area contributed by atoms with Crippen molar-refractivity contribution in [2.24, 2.45) is 17.6 Å². The number of nitrogens with two attached hydrogens (primary N) is 1. The first-order chi connectivity index (χ1) is 18.9.